The fourth-order valence-electron chi connectivity index (χ4n) is 1.55. The minimum absolute atomic E-state index is 0.00362. The van der Waals surface area contributed by atoms with Gasteiger partial charge in [-0.15, -0.1) is 13.2 Å². The molecule has 1 aromatic rings. The molecule has 0 aliphatic carbocycles. The Labute approximate surface area is 114 Å². The minimum Gasteiger partial charge on any atom is -0.484 e. The normalized spacial score (nSPS) is 9.74. The van der Waals surface area contributed by atoms with Crippen molar-refractivity contribution in [3.05, 3.63) is 55.1 Å². The monoisotopic (exact) mass is 260 g/mol. The van der Waals surface area contributed by atoms with Gasteiger partial charge in [0.1, 0.15) is 5.75 Å². The second kappa shape index (κ2) is 8.11. The van der Waals surface area contributed by atoms with E-state index in [1.54, 1.807) is 29.2 Å². The van der Waals surface area contributed by atoms with Crippen molar-refractivity contribution in [1.29, 1.82) is 0 Å². The number of ether oxygens (including phenoxy) is 1. The van der Waals surface area contributed by atoms with E-state index in [1.165, 1.54) is 0 Å². The van der Waals surface area contributed by atoms with Crippen molar-refractivity contribution in [3.63, 3.8) is 0 Å². The molecule has 0 radical (unpaired) electrons. The van der Waals surface area contributed by atoms with Crippen molar-refractivity contribution < 1.29 is 9.53 Å². The van der Waals surface area contributed by atoms with Crippen LogP contribution in [0.1, 0.15) is 5.56 Å². The number of rotatable bonds is 8. The van der Waals surface area contributed by atoms with Crippen LogP contribution in [0, 0.1) is 0 Å². The summed E-state index contributed by atoms with van der Waals surface area (Å²) in [6, 6.07) is 7.37. The molecule has 0 fully saturated rings. The molecule has 0 aliphatic rings. The van der Waals surface area contributed by atoms with Crippen molar-refractivity contribution in [2.75, 3.05) is 19.7 Å². The lowest BCUT2D eigenvalue weighted by Gasteiger charge is -2.19. The Morgan fingerprint density at radius 3 is 2.26 bits per heavy atom. The van der Waals surface area contributed by atoms with Crippen LogP contribution in [-0.4, -0.2) is 30.5 Å². The van der Waals surface area contributed by atoms with Crippen LogP contribution >= 0.6 is 0 Å². The van der Waals surface area contributed by atoms with E-state index in [-0.39, 0.29) is 12.5 Å². The van der Waals surface area contributed by atoms with Crippen LogP contribution in [0.2, 0.25) is 0 Å². The van der Waals surface area contributed by atoms with Crippen LogP contribution in [0.25, 0.3) is 0 Å². The second-order valence-electron chi connectivity index (χ2n) is 4.01. The van der Waals surface area contributed by atoms with E-state index in [0.29, 0.717) is 25.4 Å². The maximum atomic E-state index is 11.9. The maximum absolute atomic E-state index is 11.9. The Balaban J connectivity index is 2.51. The predicted octanol–water partition coefficient (Wildman–Crippen LogP) is 1.72. The van der Waals surface area contributed by atoms with Gasteiger partial charge in [0.2, 0.25) is 0 Å². The lowest BCUT2D eigenvalue weighted by Crippen LogP contribution is -2.35. The number of amides is 1. The van der Waals surface area contributed by atoms with Gasteiger partial charge >= 0.3 is 0 Å². The quantitative estimate of drug-likeness (QED) is 0.724. The summed E-state index contributed by atoms with van der Waals surface area (Å²) in [6.45, 7) is 8.71. The molecule has 0 spiro atoms. The van der Waals surface area contributed by atoms with Crippen LogP contribution in [-0.2, 0) is 11.3 Å². The highest BCUT2D eigenvalue weighted by Gasteiger charge is 2.11. The number of hydrogen-bond acceptors (Lipinski definition) is 3. The number of nitrogens with two attached hydrogens (primary N) is 1. The molecule has 0 aromatic heterocycles. The molecular formula is C15H20N2O2. The van der Waals surface area contributed by atoms with E-state index in [1.807, 2.05) is 12.1 Å². The molecule has 2 N–H and O–H groups in total. The topological polar surface area (TPSA) is 55.6 Å². The zero-order chi connectivity index (χ0) is 14.1. The lowest BCUT2D eigenvalue weighted by atomic mass is 10.2. The first-order valence-corrected chi connectivity index (χ1v) is 6.12. The second-order valence-corrected chi connectivity index (χ2v) is 4.01. The molecule has 102 valence electrons. The van der Waals surface area contributed by atoms with Crippen molar-refractivity contribution in [2.45, 2.75) is 6.54 Å². The molecule has 0 aliphatic heterocycles. The first-order chi connectivity index (χ1) is 9.21. The number of benzene rings is 1. The Morgan fingerprint density at radius 2 is 1.79 bits per heavy atom. The van der Waals surface area contributed by atoms with Crippen LogP contribution in [0.5, 0.6) is 5.75 Å². The first-order valence-electron chi connectivity index (χ1n) is 6.12. The fourth-order valence-corrected chi connectivity index (χ4v) is 1.55. The molecule has 19 heavy (non-hydrogen) atoms. The van der Waals surface area contributed by atoms with Gasteiger partial charge in [0.05, 0.1) is 0 Å². The number of nitrogens with zero attached hydrogens (tertiary/aromatic N) is 1. The van der Waals surface area contributed by atoms with E-state index < -0.39 is 0 Å². The summed E-state index contributed by atoms with van der Waals surface area (Å²) in [5.41, 5.74) is 6.53. The molecule has 1 rings (SSSR count). The van der Waals surface area contributed by atoms with Crippen LogP contribution in [0.3, 0.4) is 0 Å². The summed E-state index contributed by atoms with van der Waals surface area (Å²) in [7, 11) is 0. The van der Waals surface area contributed by atoms with E-state index in [0.717, 1.165) is 5.56 Å². The summed E-state index contributed by atoms with van der Waals surface area (Å²) in [6.07, 6.45) is 3.36. The van der Waals surface area contributed by atoms with Gasteiger partial charge in [0.15, 0.2) is 6.61 Å². The number of carbonyl (C=O) groups is 1. The lowest BCUT2D eigenvalue weighted by molar-refractivity contribution is -0.132. The van der Waals surface area contributed by atoms with Gasteiger partial charge in [0, 0.05) is 19.6 Å². The average molecular weight is 260 g/mol. The van der Waals surface area contributed by atoms with Gasteiger partial charge in [0.25, 0.3) is 5.91 Å². The molecule has 0 heterocycles. The molecule has 0 saturated heterocycles. The van der Waals surface area contributed by atoms with Gasteiger partial charge in [-0.25, -0.2) is 0 Å². The molecule has 4 heteroatoms. The molecular weight excluding hydrogens is 240 g/mol. The zero-order valence-corrected chi connectivity index (χ0v) is 11.0. The van der Waals surface area contributed by atoms with Crippen molar-refractivity contribution in [3.8, 4) is 5.75 Å². The minimum atomic E-state index is -0.0947. The molecule has 4 nitrogen and oxygen atoms in total. The molecule has 0 unspecified atom stereocenters. The van der Waals surface area contributed by atoms with E-state index >= 15 is 0 Å². The smallest absolute Gasteiger partial charge is 0.261 e. The summed E-state index contributed by atoms with van der Waals surface area (Å²) >= 11 is 0. The third-order valence-corrected chi connectivity index (χ3v) is 2.57. The molecule has 1 amide bonds. The number of hydrogen-bond donors (Lipinski definition) is 1. The summed E-state index contributed by atoms with van der Waals surface area (Å²) in [5.74, 6) is 0.561. The maximum Gasteiger partial charge on any atom is 0.261 e. The van der Waals surface area contributed by atoms with E-state index in [4.69, 9.17) is 10.5 Å². The van der Waals surface area contributed by atoms with Gasteiger partial charge in [-0.05, 0) is 17.7 Å². The summed E-state index contributed by atoms with van der Waals surface area (Å²) in [5, 5.41) is 0. The van der Waals surface area contributed by atoms with Gasteiger partial charge in [-0.3, -0.25) is 4.79 Å². The van der Waals surface area contributed by atoms with E-state index in [9.17, 15) is 4.79 Å². The van der Waals surface area contributed by atoms with Gasteiger partial charge in [-0.1, -0.05) is 24.3 Å². The predicted molar refractivity (Wildman–Crippen MR) is 76.8 cm³/mol. The Hall–Kier alpha value is -2.07. The molecule has 1 aromatic carbocycles. The first kappa shape index (κ1) is 15.0. The standard InChI is InChI=1S/C15H20N2O2/c1-3-9-17(10-4-2)15(18)12-19-14-7-5-13(11-16)6-8-14/h3-8H,1-2,9-12,16H2. The molecule has 0 saturated carbocycles. The van der Waals surface area contributed by atoms with Crippen molar-refractivity contribution >= 4 is 5.91 Å². The highest BCUT2D eigenvalue weighted by molar-refractivity contribution is 5.78. The Bertz CT molecular complexity index is 416. The number of carbonyl (C=O) groups excluding carboxylic acids is 1. The van der Waals surface area contributed by atoms with Crippen molar-refractivity contribution in [1.82, 2.24) is 4.90 Å². The molecule has 0 bridgehead atoms. The summed E-state index contributed by atoms with van der Waals surface area (Å²) in [4.78, 5) is 13.5. The van der Waals surface area contributed by atoms with Gasteiger partial charge in [-0.2, -0.15) is 0 Å². The average Bonchev–Trinajstić information content (AvgIpc) is 2.45. The van der Waals surface area contributed by atoms with Crippen LogP contribution in [0.4, 0.5) is 0 Å². The fraction of sp³-hybridized carbons (Fsp3) is 0.267. The van der Waals surface area contributed by atoms with Crippen LogP contribution in [0.15, 0.2) is 49.6 Å². The third kappa shape index (κ3) is 4.97. The third-order valence-electron chi connectivity index (χ3n) is 2.57. The highest BCUT2D eigenvalue weighted by Crippen LogP contribution is 2.11. The van der Waals surface area contributed by atoms with Crippen molar-refractivity contribution in [2.24, 2.45) is 5.73 Å². The largest absolute Gasteiger partial charge is 0.484 e. The van der Waals surface area contributed by atoms with Crippen LogP contribution < -0.4 is 10.5 Å². The SMILES string of the molecule is C=CCN(CC=C)C(=O)COc1ccc(CN)cc1. The molecule has 0 atom stereocenters. The van der Waals surface area contributed by atoms with Gasteiger partial charge < -0.3 is 15.4 Å². The summed E-state index contributed by atoms with van der Waals surface area (Å²) < 4.78 is 5.44. The highest BCUT2D eigenvalue weighted by atomic mass is 16.5. The Kier molecular flexibility index (Phi) is 6.39. The zero-order valence-electron chi connectivity index (χ0n) is 11.0. The van der Waals surface area contributed by atoms with E-state index in [2.05, 4.69) is 13.2 Å². The Morgan fingerprint density at radius 1 is 1.21 bits per heavy atom.